The molecule has 4 heteroatoms. The Kier molecular flexibility index (Phi) is 4.64. The summed E-state index contributed by atoms with van der Waals surface area (Å²) in [5.41, 5.74) is 0. The van der Waals surface area contributed by atoms with Crippen LogP contribution < -0.4 is 14.8 Å². The lowest BCUT2D eigenvalue weighted by Gasteiger charge is -2.09. The predicted molar refractivity (Wildman–Crippen MR) is 61.8 cm³/mol. The van der Waals surface area contributed by atoms with Gasteiger partial charge in [0, 0.05) is 6.04 Å². The SMILES string of the molecule is COc1ccc(OCC(=O)NC(C)C)cc1. The van der Waals surface area contributed by atoms with E-state index < -0.39 is 0 Å². The van der Waals surface area contributed by atoms with Gasteiger partial charge in [-0.15, -0.1) is 0 Å². The molecule has 0 spiro atoms. The third-order valence-electron chi connectivity index (χ3n) is 1.88. The molecule has 0 fully saturated rings. The van der Waals surface area contributed by atoms with Gasteiger partial charge in [0.1, 0.15) is 11.5 Å². The van der Waals surface area contributed by atoms with Gasteiger partial charge < -0.3 is 14.8 Å². The molecule has 0 saturated carbocycles. The standard InChI is InChI=1S/C12H17NO3/c1-9(2)13-12(14)8-16-11-6-4-10(15-3)5-7-11/h4-7,9H,8H2,1-3H3,(H,13,14). The highest BCUT2D eigenvalue weighted by atomic mass is 16.5. The maximum atomic E-state index is 11.3. The second-order valence-electron chi connectivity index (χ2n) is 3.69. The fraction of sp³-hybridized carbons (Fsp3) is 0.417. The predicted octanol–water partition coefficient (Wildman–Crippen LogP) is 1.60. The van der Waals surface area contributed by atoms with E-state index >= 15 is 0 Å². The van der Waals surface area contributed by atoms with Crippen molar-refractivity contribution in [1.29, 1.82) is 0 Å². The molecule has 0 unspecified atom stereocenters. The molecule has 0 aromatic heterocycles. The van der Waals surface area contributed by atoms with Crippen molar-refractivity contribution < 1.29 is 14.3 Å². The molecule has 1 aromatic carbocycles. The average molecular weight is 223 g/mol. The lowest BCUT2D eigenvalue weighted by Crippen LogP contribution is -2.34. The van der Waals surface area contributed by atoms with Gasteiger partial charge in [-0.3, -0.25) is 4.79 Å². The highest BCUT2D eigenvalue weighted by Crippen LogP contribution is 2.16. The number of benzene rings is 1. The monoisotopic (exact) mass is 223 g/mol. The molecule has 16 heavy (non-hydrogen) atoms. The van der Waals surface area contributed by atoms with E-state index in [1.165, 1.54) is 0 Å². The molecule has 1 rings (SSSR count). The average Bonchev–Trinajstić information content (AvgIpc) is 2.26. The summed E-state index contributed by atoms with van der Waals surface area (Å²) in [6.07, 6.45) is 0. The summed E-state index contributed by atoms with van der Waals surface area (Å²) in [6, 6.07) is 7.24. The van der Waals surface area contributed by atoms with Crippen molar-refractivity contribution in [3.63, 3.8) is 0 Å². The summed E-state index contributed by atoms with van der Waals surface area (Å²) < 4.78 is 10.3. The van der Waals surface area contributed by atoms with Crippen molar-refractivity contribution in [2.45, 2.75) is 19.9 Å². The molecule has 0 saturated heterocycles. The van der Waals surface area contributed by atoms with Crippen LogP contribution in [0, 0.1) is 0 Å². The minimum Gasteiger partial charge on any atom is -0.497 e. The van der Waals surface area contributed by atoms with Gasteiger partial charge in [0.25, 0.3) is 5.91 Å². The number of carbonyl (C=O) groups is 1. The van der Waals surface area contributed by atoms with Crippen LogP contribution in [0.15, 0.2) is 24.3 Å². The molecule has 4 nitrogen and oxygen atoms in total. The minimum absolute atomic E-state index is 0.0323. The van der Waals surface area contributed by atoms with Crippen LogP contribution in [0.1, 0.15) is 13.8 Å². The fourth-order valence-electron chi connectivity index (χ4n) is 1.18. The molecule has 1 amide bonds. The molecular formula is C12H17NO3. The largest absolute Gasteiger partial charge is 0.497 e. The summed E-state index contributed by atoms with van der Waals surface area (Å²) in [5, 5.41) is 2.75. The quantitative estimate of drug-likeness (QED) is 0.824. The molecule has 0 heterocycles. The summed E-state index contributed by atoms with van der Waals surface area (Å²) in [7, 11) is 1.60. The molecule has 0 atom stereocenters. The van der Waals surface area contributed by atoms with Crippen molar-refractivity contribution in [2.24, 2.45) is 0 Å². The zero-order valence-corrected chi connectivity index (χ0v) is 9.82. The highest BCUT2D eigenvalue weighted by molar-refractivity contribution is 5.77. The topological polar surface area (TPSA) is 47.6 Å². The van der Waals surface area contributed by atoms with Crippen LogP contribution in [0.5, 0.6) is 11.5 Å². The van der Waals surface area contributed by atoms with E-state index in [1.54, 1.807) is 31.4 Å². The third kappa shape index (κ3) is 4.21. The Morgan fingerprint density at radius 1 is 1.25 bits per heavy atom. The highest BCUT2D eigenvalue weighted by Gasteiger charge is 2.03. The van der Waals surface area contributed by atoms with Crippen LogP contribution in [0.2, 0.25) is 0 Å². The van der Waals surface area contributed by atoms with Gasteiger partial charge >= 0.3 is 0 Å². The maximum absolute atomic E-state index is 11.3. The van der Waals surface area contributed by atoms with Crippen molar-refractivity contribution in [3.05, 3.63) is 24.3 Å². The Bertz CT molecular complexity index is 333. The minimum atomic E-state index is -0.120. The first-order valence-electron chi connectivity index (χ1n) is 5.18. The molecule has 1 N–H and O–H groups in total. The van der Waals surface area contributed by atoms with Crippen molar-refractivity contribution in [1.82, 2.24) is 5.32 Å². The molecule has 1 aromatic rings. The number of hydrogen-bond donors (Lipinski definition) is 1. The zero-order chi connectivity index (χ0) is 12.0. The Hall–Kier alpha value is -1.71. The molecule has 0 aliphatic heterocycles. The number of rotatable bonds is 5. The number of methoxy groups -OCH3 is 1. The first-order chi connectivity index (χ1) is 7.61. The van der Waals surface area contributed by atoms with Gasteiger partial charge in [0.2, 0.25) is 0 Å². The number of ether oxygens (including phenoxy) is 2. The number of hydrogen-bond acceptors (Lipinski definition) is 3. The summed E-state index contributed by atoms with van der Waals surface area (Å²) in [6.45, 7) is 3.85. The second kappa shape index (κ2) is 6.00. The molecule has 0 aliphatic carbocycles. The number of carbonyl (C=O) groups excluding carboxylic acids is 1. The van der Waals surface area contributed by atoms with Gasteiger partial charge in [-0.25, -0.2) is 0 Å². The van der Waals surface area contributed by atoms with Crippen LogP contribution in [0.3, 0.4) is 0 Å². The lowest BCUT2D eigenvalue weighted by molar-refractivity contribution is -0.123. The molecule has 0 bridgehead atoms. The summed E-state index contributed by atoms with van der Waals surface area (Å²) >= 11 is 0. The number of amides is 1. The van der Waals surface area contributed by atoms with E-state index in [1.807, 2.05) is 13.8 Å². The van der Waals surface area contributed by atoms with Crippen LogP contribution in [0.25, 0.3) is 0 Å². The Morgan fingerprint density at radius 2 is 1.81 bits per heavy atom. The van der Waals surface area contributed by atoms with Crippen LogP contribution in [0.4, 0.5) is 0 Å². The first kappa shape index (κ1) is 12.4. The van der Waals surface area contributed by atoms with Gasteiger partial charge in [-0.05, 0) is 38.1 Å². The van der Waals surface area contributed by atoms with E-state index in [-0.39, 0.29) is 18.6 Å². The van der Waals surface area contributed by atoms with E-state index in [0.717, 1.165) is 5.75 Å². The number of nitrogens with one attached hydrogen (secondary N) is 1. The maximum Gasteiger partial charge on any atom is 0.258 e. The molecule has 0 radical (unpaired) electrons. The van der Waals surface area contributed by atoms with Crippen LogP contribution in [-0.2, 0) is 4.79 Å². The summed E-state index contributed by atoms with van der Waals surface area (Å²) in [5.74, 6) is 1.30. The molecular weight excluding hydrogens is 206 g/mol. The Morgan fingerprint density at radius 3 is 2.31 bits per heavy atom. The van der Waals surface area contributed by atoms with Crippen LogP contribution >= 0.6 is 0 Å². The van der Waals surface area contributed by atoms with E-state index in [4.69, 9.17) is 9.47 Å². The fourth-order valence-corrected chi connectivity index (χ4v) is 1.18. The summed E-state index contributed by atoms with van der Waals surface area (Å²) in [4.78, 5) is 11.3. The van der Waals surface area contributed by atoms with Crippen molar-refractivity contribution in [2.75, 3.05) is 13.7 Å². The van der Waals surface area contributed by atoms with Crippen LogP contribution in [-0.4, -0.2) is 25.7 Å². The second-order valence-corrected chi connectivity index (χ2v) is 3.69. The smallest absolute Gasteiger partial charge is 0.258 e. The third-order valence-corrected chi connectivity index (χ3v) is 1.88. The van der Waals surface area contributed by atoms with Gasteiger partial charge in [-0.1, -0.05) is 0 Å². The normalized spacial score (nSPS) is 10.0. The van der Waals surface area contributed by atoms with E-state index in [9.17, 15) is 4.79 Å². The van der Waals surface area contributed by atoms with Crippen molar-refractivity contribution in [3.8, 4) is 11.5 Å². The van der Waals surface area contributed by atoms with Gasteiger partial charge in [-0.2, -0.15) is 0 Å². The van der Waals surface area contributed by atoms with Gasteiger partial charge in [0.15, 0.2) is 6.61 Å². The first-order valence-corrected chi connectivity index (χ1v) is 5.18. The van der Waals surface area contributed by atoms with Gasteiger partial charge in [0.05, 0.1) is 7.11 Å². The Balaban J connectivity index is 2.39. The van der Waals surface area contributed by atoms with E-state index in [0.29, 0.717) is 5.75 Å². The lowest BCUT2D eigenvalue weighted by atomic mass is 10.3. The molecule has 88 valence electrons. The zero-order valence-electron chi connectivity index (χ0n) is 9.82. The van der Waals surface area contributed by atoms with E-state index in [2.05, 4.69) is 5.32 Å². The molecule has 0 aliphatic rings. The van der Waals surface area contributed by atoms with Crippen molar-refractivity contribution >= 4 is 5.91 Å². The Labute approximate surface area is 95.6 Å².